The molecular formula is C15H19BrFNO. The van der Waals surface area contributed by atoms with Crippen LogP contribution in [0.5, 0.6) is 0 Å². The molecule has 1 heterocycles. The highest BCUT2D eigenvalue weighted by Gasteiger charge is 2.23. The van der Waals surface area contributed by atoms with Gasteiger partial charge < -0.3 is 5.32 Å². The molecule has 1 aromatic rings. The lowest BCUT2D eigenvalue weighted by Gasteiger charge is -2.24. The maximum Gasteiger partial charge on any atom is 0.224 e. The van der Waals surface area contributed by atoms with Crippen molar-refractivity contribution in [3.05, 3.63) is 29.1 Å². The predicted octanol–water partition coefficient (Wildman–Crippen LogP) is 4.58. The van der Waals surface area contributed by atoms with Gasteiger partial charge in [-0.25, -0.2) is 4.39 Å². The second kappa shape index (κ2) is 5.23. The number of alkyl halides is 1. The molecule has 0 saturated heterocycles. The highest BCUT2D eigenvalue weighted by Crippen LogP contribution is 2.38. The molecule has 1 amide bonds. The summed E-state index contributed by atoms with van der Waals surface area (Å²) >= 11 is 3.58. The number of carbonyl (C=O) groups excluding carboxylic acids is 1. The standard InChI is InChI=1S/C15H19BrFNO/c1-15(2,3)8-11(16)10-6-9-4-5-14(19)18-13(9)7-12(10)17/h6-7,11H,4-5,8H2,1-3H3,(H,18,19). The molecule has 1 aliphatic heterocycles. The molecule has 2 rings (SSSR count). The van der Waals surface area contributed by atoms with E-state index in [1.54, 1.807) is 0 Å². The lowest BCUT2D eigenvalue weighted by Crippen LogP contribution is -2.20. The molecule has 0 fully saturated rings. The maximum absolute atomic E-state index is 14.1. The normalized spacial score (nSPS) is 16.8. The smallest absolute Gasteiger partial charge is 0.224 e. The molecule has 0 aromatic heterocycles. The highest BCUT2D eigenvalue weighted by atomic mass is 79.9. The number of carbonyl (C=O) groups is 1. The summed E-state index contributed by atoms with van der Waals surface area (Å²) in [7, 11) is 0. The van der Waals surface area contributed by atoms with Gasteiger partial charge in [-0.2, -0.15) is 0 Å². The average Bonchev–Trinajstić information content (AvgIpc) is 2.25. The van der Waals surface area contributed by atoms with E-state index in [2.05, 4.69) is 42.0 Å². The van der Waals surface area contributed by atoms with Gasteiger partial charge in [0.15, 0.2) is 0 Å². The third-order valence-electron chi connectivity index (χ3n) is 3.25. The number of hydrogen-bond acceptors (Lipinski definition) is 1. The molecule has 1 N–H and O–H groups in total. The molecule has 0 bridgehead atoms. The Bertz CT molecular complexity index is 508. The average molecular weight is 328 g/mol. The number of rotatable bonds is 2. The van der Waals surface area contributed by atoms with Crippen LogP contribution in [0.2, 0.25) is 0 Å². The zero-order chi connectivity index (χ0) is 14.2. The second-order valence-electron chi connectivity index (χ2n) is 6.31. The van der Waals surface area contributed by atoms with Gasteiger partial charge in [0.25, 0.3) is 0 Å². The fourth-order valence-corrected chi connectivity index (χ4v) is 3.63. The third kappa shape index (κ3) is 3.56. The van der Waals surface area contributed by atoms with Crippen molar-refractivity contribution in [2.75, 3.05) is 5.32 Å². The fraction of sp³-hybridized carbons (Fsp3) is 0.533. The van der Waals surface area contributed by atoms with Gasteiger partial charge in [0.05, 0.1) is 0 Å². The number of benzene rings is 1. The molecule has 104 valence electrons. The summed E-state index contributed by atoms with van der Waals surface area (Å²) in [4.78, 5) is 11.3. The molecule has 4 heteroatoms. The number of halogens is 2. The fourth-order valence-electron chi connectivity index (χ4n) is 2.31. The lowest BCUT2D eigenvalue weighted by atomic mass is 9.87. The van der Waals surface area contributed by atoms with E-state index in [9.17, 15) is 9.18 Å². The van der Waals surface area contributed by atoms with Gasteiger partial charge in [0, 0.05) is 22.5 Å². The van der Waals surface area contributed by atoms with Crippen LogP contribution < -0.4 is 5.32 Å². The zero-order valence-electron chi connectivity index (χ0n) is 11.5. The first-order valence-electron chi connectivity index (χ1n) is 6.52. The third-order valence-corrected chi connectivity index (χ3v) is 4.06. The van der Waals surface area contributed by atoms with Gasteiger partial charge in [0.2, 0.25) is 5.91 Å². The monoisotopic (exact) mass is 327 g/mol. The van der Waals surface area contributed by atoms with Crippen LogP contribution in [0, 0.1) is 11.2 Å². The van der Waals surface area contributed by atoms with Crippen LogP contribution in [-0.2, 0) is 11.2 Å². The molecule has 0 saturated carbocycles. The van der Waals surface area contributed by atoms with Crippen molar-refractivity contribution in [2.24, 2.45) is 5.41 Å². The quantitative estimate of drug-likeness (QED) is 0.791. The Balaban J connectivity index is 2.30. The van der Waals surface area contributed by atoms with Crippen molar-refractivity contribution >= 4 is 27.5 Å². The lowest BCUT2D eigenvalue weighted by molar-refractivity contribution is -0.116. The minimum Gasteiger partial charge on any atom is -0.326 e. The van der Waals surface area contributed by atoms with Gasteiger partial charge >= 0.3 is 0 Å². The largest absolute Gasteiger partial charge is 0.326 e. The van der Waals surface area contributed by atoms with Gasteiger partial charge in [-0.3, -0.25) is 4.79 Å². The predicted molar refractivity (Wildman–Crippen MR) is 79.1 cm³/mol. The highest BCUT2D eigenvalue weighted by molar-refractivity contribution is 9.09. The Labute approximate surface area is 121 Å². The van der Waals surface area contributed by atoms with E-state index in [1.165, 1.54) is 6.07 Å². The minimum absolute atomic E-state index is 0.00423. The maximum atomic E-state index is 14.1. The van der Waals surface area contributed by atoms with Crippen LogP contribution in [0.25, 0.3) is 0 Å². The van der Waals surface area contributed by atoms with Crippen LogP contribution in [-0.4, -0.2) is 5.91 Å². The van der Waals surface area contributed by atoms with E-state index in [0.29, 0.717) is 24.1 Å². The molecular weight excluding hydrogens is 309 g/mol. The van der Waals surface area contributed by atoms with Crippen LogP contribution >= 0.6 is 15.9 Å². The Morgan fingerprint density at radius 1 is 1.37 bits per heavy atom. The van der Waals surface area contributed by atoms with E-state index < -0.39 is 0 Å². The number of amides is 1. The molecule has 1 aliphatic rings. The summed E-state index contributed by atoms with van der Waals surface area (Å²) in [5.74, 6) is -0.295. The van der Waals surface area contributed by atoms with E-state index >= 15 is 0 Å². The number of fused-ring (bicyclic) bond motifs is 1. The van der Waals surface area contributed by atoms with Crippen molar-refractivity contribution in [1.29, 1.82) is 0 Å². The van der Waals surface area contributed by atoms with Gasteiger partial charge in [-0.15, -0.1) is 0 Å². The van der Waals surface area contributed by atoms with E-state index in [4.69, 9.17) is 0 Å². The summed E-state index contributed by atoms with van der Waals surface area (Å²) in [6.45, 7) is 6.41. The molecule has 2 nitrogen and oxygen atoms in total. The van der Waals surface area contributed by atoms with E-state index in [-0.39, 0.29) is 22.0 Å². The molecule has 1 aromatic carbocycles. The van der Waals surface area contributed by atoms with Crippen molar-refractivity contribution in [3.63, 3.8) is 0 Å². The van der Waals surface area contributed by atoms with Crippen molar-refractivity contribution < 1.29 is 9.18 Å². The Hall–Kier alpha value is -0.900. The SMILES string of the molecule is CC(C)(C)CC(Br)c1cc2c(cc1F)NC(=O)CC2. The molecule has 0 aliphatic carbocycles. The van der Waals surface area contributed by atoms with Crippen LogP contribution in [0.4, 0.5) is 10.1 Å². The van der Waals surface area contributed by atoms with Crippen molar-refractivity contribution in [1.82, 2.24) is 0 Å². The number of anilines is 1. The summed E-state index contributed by atoms with van der Waals surface area (Å²) < 4.78 is 14.1. The van der Waals surface area contributed by atoms with Gasteiger partial charge in [-0.1, -0.05) is 36.7 Å². The molecule has 0 spiro atoms. The Kier molecular flexibility index (Phi) is 4.00. The van der Waals surface area contributed by atoms with E-state index in [0.717, 1.165) is 12.0 Å². The zero-order valence-corrected chi connectivity index (χ0v) is 13.1. The Morgan fingerprint density at radius 2 is 2.05 bits per heavy atom. The van der Waals surface area contributed by atoms with Crippen LogP contribution in [0.1, 0.15) is 49.6 Å². The summed E-state index contributed by atoms with van der Waals surface area (Å²) in [6.07, 6.45) is 2.02. The first kappa shape index (κ1) is 14.5. The van der Waals surface area contributed by atoms with Crippen molar-refractivity contribution in [2.45, 2.75) is 44.9 Å². The Morgan fingerprint density at radius 3 is 2.68 bits per heavy atom. The molecule has 19 heavy (non-hydrogen) atoms. The molecule has 1 unspecified atom stereocenters. The number of nitrogens with one attached hydrogen (secondary N) is 1. The summed E-state index contributed by atoms with van der Waals surface area (Å²) in [6, 6.07) is 3.33. The molecule has 0 radical (unpaired) electrons. The van der Waals surface area contributed by atoms with Gasteiger partial charge in [-0.05, 0) is 36.0 Å². The first-order valence-corrected chi connectivity index (χ1v) is 7.44. The van der Waals surface area contributed by atoms with Gasteiger partial charge in [0.1, 0.15) is 5.82 Å². The number of hydrogen-bond donors (Lipinski definition) is 1. The summed E-state index contributed by atoms with van der Waals surface area (Å²) in [5, 5.41) is 2.72. The molecule has 1 atom stereocenters. The first-order chi connectivity index (χ1) is 8.76. The number of aryl methyl sites for hydroxylation is 1. The van der Waals surface area contributed by atoms with Crippen molar-refractivity contribution in [3.8, 4) is 0 Å². The minimum atomic E-state index is -0.257. The summed E-state index contributed by atoms with van der Waals surface area (Å²) in [5.41, 5.74) is 2.46. The topological polar surface area (TPSA) is 29.1 Å². The van der Waals surface area contributed by atoms with E-state index in [1.807, 2.05) is 6.07 Å². The second-order valence-corrected chi connectivity index (χ2v) is 7.42. The van der Waals surface area contributed by atoms with Crippen LogP contribution in [0.15, 0.2) is 12.1 Å². The van der Waals surface area contributed by atoms with Crippen LogP contribution in [0.3, 0.4) is 0 Å².